The van der Waals surface area contributed by atoms with Gasteiger partial charge in [-0.1, -0.05) is 17.7 Å². The maximum atomic E-state index is 12.8. The highest BCUT2D eigenvalue weighted by atomic mass is 35.5. The minimum atomic E-state index is -5.08. The predicted molar refractivity (Wildman–Crippen MR) is 103 cm³/mol. The molecule has 1 aliphatic rings. The number of methoxy groups -OCH3 is 1. The van der Waals surface area contributed by atoms with Crippen molar-refractivity contribution in [3.05, 3.63) is 24.3 Å². The first kappa shape index (κ1) is 28.0. The van der Waals surface area contributed by atoms with Gasteiger partial charge in [-0.15, -0.1) is 12.4 Å². The Balaban J connectivity index is 0.000000909. The zero-order valence-corrected chi connectivity index (χ0v) is 17.5. The third kappa shape index (κ3) is 10.2. The molecule has 0 aliphatic carbocycles. The molecule has 1 saturated heterocycles. The van der Waals surface area contributed by atoms with Crippen molar-refractivity contribution in [2.45, 2.75) is 11.8 Å². The molecule has 1 unspecified atom stereocenters. The van der Waals surface area contributed by atoms with Crippen LogP contribution in [0.5, 0.6) is 11.5 Å². The fourth-order valence-electron chi connectivity index (χ4n) is 2.31. The molecule has 1 aromatic carbocycles. The van der Waals surface area contributed by atoms with Gasteiger partial charge in [0.05, 0.1) is 7.11 Å². The van der Waals surface area contributed by atoms with Crippen LogP contribution in [0.1, 0.15) is 0 Å². The van der Waals surface area contributed by atoms with Gasteiger partial charge in [0.15, 0.2) is 0 Å². The molecular formula is C17H22Cl2F4N2O5. The van der Waals surface area contributed by atoms with E-state index in [1.807, 2.05) is 24.3 Å². The van der Waals surface area contributed by atoms with Gasteiger partial charge in [0.25, 0.3) is 11.5 Å². The minimum absolute atomic E-state index is 0. The highest BCUT2D eigenvalue weighted by molar-refractivity contribution is 6.29. The van der Waals surface area contributed by atoms with Crippen molar-refractivity contribution in [1.82, 2.24) is 9.80 Å². The molecular weight excluding hydrogens is 459 g/mol. The summed E-state index contributed by atoms with van der Waals surface area (Å²) in [6.07, 6.45) is -5.08. The molecule has 1 N–H and O–H groups in total. The number of ether oxygens (including phenoxy) is 2. The molecule has 1 aliphatic heterocycles. The van der Waals surface area contributed by atoms with Gasteiger partial charge < -0.3 is 19.5 Å². The second-order valence-electron chi connectivity index (χ2n) is 5.80. The normalized spacial score (nSPS) is 15.2. The van der Waals surface area contributed by atoms with Crippen molar-refractivity contribution in [1.29, 1.82) is 0 Å². The van der Waals surface area contributed by atoms with Crippen molar-refractivity contribution < 1.29 is 41.7 Å². The Morgan fingerprint density at radius 3 is 2.20 bits per heavy atom. The predicted octanol–water partition coefficient (Wildman–Crippen LogP) is 2.81. The number of carbonyl (C=O) groups is 2. The van der Waals surface area contributed by atoms with Gasteiger partial charge in [-0.3, -0.25) is 9.69 Å². The fourth-order valence-corrected chi connectivity index (χ4v) is 2.45. The van der Waals surface area contributed by atoms with E-state index in [0.29, 0.717) is 32.8 Å². The van der Waals surface area contributed by atoms with Gasteiger partial charge in [0.2, 0.25) is 0 Å². The molecule has 0 spiro atoms. The van der Waals surface area contributed by atoms with Crippen LogP contribution in [0, 0.1) is 0 Å². The number of carboxylic acids is 1. The number of carbonyl (C=O) groups excluding carboxylic acids is 1. The molecule has 172 valence electrons. The van der Waals surface area contributed by atoms with Crippen molar-refractivity contribution >= 4 is 35.9 Å². The molecule has 1 aromatic rings. The summed E-state index contributed by atoms with van der Waals surface area (Å²) in [7, 11) is 1.61. The van der Waals surface area contributed by atoms with E-state index in [9.17, 15) is 22.4 Å². The van der Waals surface area contributed by atoms with Gasteiger partial charge in [0, 0.05) is 38.8 Å². The maximum absolute atomic E-state index is 12.8. The number of hydrogen-bond donors (Lipinski definition) is 1. The number of halogens is 6. The number of nitrogens with zero attached hydrogens (tertiary/aromatic N) is 2. The SMILES string of the molecule is COc1cccc(OCCN2CCN(C(=O)C(F)Cl)CC2)c1.Cl.O=C(O)C(F)(F)F. The zero-order chi connectivity index (χ0) is 22.0. The number of benzene rings is 1. The number of hydrogen-bond acceptors (Lipinski definition) is 5. The van der Waals surface area contributed by atoms with E-state index in [2.05, 4.69) is 4.90 Å². The summed E-state index contributed by atoms with van der Waals surface area (Å²) in [5.74, 6) is -1.89. The number of alkyl halides is 5. The van der Waals surface area contributed by atoms with Gasteiger partial charge in [-0.2, -0.15) is 13.2 Å². The number of piperazine rings is 1. The van der Waals surface area contributed by atoms with Gasteiger partial charge in [-0.05, 0) is 12.1 Å². The average Bonchev–Trinajstić information content (AvgIpc) is 2.68. The third-order valence-electron chi connectivity index (χ3n) is 3.83. The summed E-state index contributed by atoms with van der Waals surface area (Å²) in [6.45, 7) is 3.66. The fraction of sp³-hybridized carbons (Fsp3) is 0.529. The minimum Gasteiger partial charge on any atom is -0.497 e. The maximum Gasteiger partial charge on any atom is 0.490 e. The van der Waals surface area contributed by atoms with Crippen molar-refractivity contribution in [3.8, 4) is 11.5 Å². The number of rotatable bonds is 6. The first-order chi connectivity index (χ1) is 13.5. The highest BCUT2D eigenvalue weighted by Crippen LogP contribution is 2.18. The Kier molecular flexibility index (Phi) is 12.5. The van der Waals surface area contributed by atoms with Crippen molar-refractivity contribution in [3.63, 3.8) is 0 Å². The first-order valence-corrected chi connectivity index (χ1v) is 8.84. The van der Waals surface area contributed by atoms with Crippen LogP contribution in [0.4, 0.5) is 17.6 Å². The largest absolute Gasteiger partial charge is 0.497 e. The topological polar surface area (TPSA) is 79.3 Å². The van der Waals surface area contributed by atoms with E-state index in [0.717, 1.165) is 18.0 Å². The lowest BCUT2D eigenvalue weighted by molar-refractivity contribution is -0.192. The summed E-state index contributed by atoms with van der Waals surface area (Å²) in [6, 6.07) is 7.44. The Bertz CT molecular complexity index is 672. The van der Waals surface area contributed by atoms with Crippen LogP contribution in [0.15, 0.2) is 24.3 Å². The number of carboxylic acid groups (broad SMARTS) is 1. The van der Waals surface area contributed by atoms with E-state index < -0.39 is 23.7 Å². The zero-order valence-electron chi connectivity index (χ0n) is 15.9. The molecule has 0 bridgehead atoms. The molecule has 7 nitrogen and oxygen atoms in total. The standard InChI is InChI=1S/C15H20ClFN2O3.C2HF3O2.ClH/c1-21-12-3-2-4-13(11-12)22-10-9-18-5-7-19(8-6-18)15(20)14(16)17;3-2(4,5)1(6)7;/h2-4,11,14H,5-10H2,1H3;(H,6,7);1H. The van der Waals surface area contributed by atoms with Crippen molar-refractivity contribution in [2.75, 3.05) is 46.4 Å². The molecule has 1 fully saturated rings. The first-order valence-electron chi connectivity index (χ1n) is 8.41. The quantitative estimate of drug-likeness (QED) is 0.498. The second-order valence-corrected chi connectivity index (χ2v) is 6.18. The Morgan fingerprint density at radius 1 is 1.20 bits per heavy atom. The van der Waals surface area contributed by atoms with Crippen LogP contribution < -0.4 is 9.47 Å². The summed E-state index contributed by atoms with van der Waals surface area (Å²) >= 11 is 5.17. The van der Waals surface area contributed by atoms with Crippen LogP contribution in [0.3, 0.4) is 0 Å². The molecule has 30 heavy (non-hydrogen) atoms. The van der Waals surface area contributed by atoms with Gasteiger partial charge in [0.1, 0.15) is 18.1 Å². The summed E-state index contributed by atoms with van der Waals surface area (Å²) < 4.78 is 55.3. The van der Waals surface area contributed by atoms with E-state index in [-0.39, 0.29) is 12.4 Å². The van der Waals surface area contributed by atoms with Crippen LogP contribution in [0.2, 0.25) is 0 Å². The Labute approximate surface area is 181 Å². The summed E-state index contributed by atoms with van der Waals surface area (Å²) in [4.78, 5) is 24.0. The van der Waals surface area contributed by atoms with Crippen LogP contribution in [-0.2, 0) is 9.59 Å². The lowest BCUT2D eigenvalue weighted by atomic mass is 10.3. The van der Waals surface area contributed by atoms with Gasteiger partial charge >= 0.3 is 12.1 Å². The van der Waals surface area contributed by atoms with E-state index in [1.165, 1.54) is 4.90 Å². The van der Waals surface area contributed by atoms with Gasteiger partial charge in [-0.25, -0.2) is 9.18 Å². The molecule has 1 atom stereocenters. The second kappa shape index (κ2) is 13.3. The lowest BCUT2D eigenvalue weighted by Gasteiger charge is -2.34. The summed E-state index contributed by atoms with van der Waals surface area (Å²) in [5.41, 5.74) is -1.94. The van der Waals surface area contributed by atoms with E-state index >= 15 is 0 Å². The van der Waals surface area contributed by atoms with Crippen LogP contribution >= 0.6 is 24.0 Å². The van der Waals surface area contributed by atoms with E-state index in [4.69, 9.17) is 31.0 Å². The van der Waals surface area contributed by atoms with Crippen molar-refractivity contribution in [2.24, 2.45) is 0 Å². The molecule has 0 aromatic heterocycles. The molecule has 0 saturated carbocycles. The Morgan fingerprint density at radius 2 is 1.73 bits per heavy atom. The number of aliphatic carboxylic acids is 1. The average molecular weight is 481 g/mol. The highest BCUT2D eigenvalue weighted by Gasteiger charge is 2.38. The molecule has 2 rings (SSSR count). The number of amides is 1. The molecule has 13 heteroatoms. The molecule has 1 amide bonds. The Hall–Kier alpha value is -1.98. The van der Waals surface area contributed by atoms with Crippen LogP contribution in [0.25, 0.3) is 0 Å². The molecule has 0 radical (unpaired) electrons. The van der Waals surface area contributed by atoms with E-state index in [1.54, 1.807) is 7.11 Å². The smallest absolute Gasteiger partial charge is 0.490 e. The monoisotopic (exact) mass is 480 g/mol. The molecule has 1 heterocycles. The summed E-state index contributed by atoms with van der Waals surface area (Å²) in [5, 5.41) is 7.12. The lowest BCUT2D eigenvalue weighted by Crippen LogP contribution is -2.50. The third-order valence-corrected chi connectivity index (χ3v) is 4.02. The van der Waals surface area contributed by atoms with Crippen LogP contribution in [-0.4, -0.2) is 85.0 Å².